The minimum atomic E-state index is -0.545. The van der Waals surface area contributed by atoms with E-state index in [2.05, 4.69) is 0 Å². The molecule has 0 aliphatic rings. The van der Waals surface area contributed by atoms with Crippen molar-refractivity contribution in [2.75, 3.05) is 6.61 Å². The summed E-state index contributed by atoms with van der Waals surface area (Å²) in [6.07, 6.45) is 0.0533. The Labute approximate surface area is 120 Å². The summed E-state index contributed by atoms with van der Waals surface area (Å²) >= 11 is 0. The molecule has 2 aromatic rings. The maximum absolute atomic E-state index is 12.7. The number of nitro benzene ring substituents is 1. The molecule has 0 bridgehead atoms. The molecule has 0 N–H and O–H groups in total. The van der Waals surface area contributed by atoms with E-state index in [0.717, 1.165) is 0 Å². The Morgan fingerprint density at radius 2 is 1.81 bits per heavy atom. The Balaban J connectivity index is 1.94. The van der Waals surface area contributed by atoms with Gasteiger partial charge in [0.15, 0.2) is 11.5 Å². The number of hydrogen-bond donors (Lipinski definition) is 0. The van der Waals surface area contributed by atoms with Gasteiger partial charge in [-0.1, -0.05) is 12.1 Å². The zero-order chi connectivity index (χ0) is 15.2. The summed E-state index contributed by atoms with van der Waals surface area (Å²) in [5.74, 6) is -0.509. The van der Waals surface area contributed by atoms with Crippen molar-refractivity contribution >= 4 is 11.5 Å². The topological polar surface area (TPSA) is 69.4 Å². The van der Waals surface area contributed by atoms with E-state index in [0.29, 0.717) is 5.56 Å². The van der Waals surface area contributed by atoms with Crippen LogP contribution in [0.15, 0.2) is 48.5 Å². The van der Waals surface area contributed by atoms with Crippen LogP contribution in [0, 0.1) is 15.9 Å². The Bertz CT molecular complexity index is 655. The fourth-order valence-electron chi connectivity index (χ4n) is 1.76. The second-order valence-corrected chi connectivity index (χ2v) is 4.25. The van der Waals surface area contributed by atoms with Crippen molar-refractivity contribution in [3.63, 3.8) is 0 Å². The van der Waals surface area contributed by atoms with Gasteiger partial charge in [-0.05, 0) is 30.3 Å². The number of Topliss-reactive ketones (excluding diaryl/α,β-unsaturated/α-hetero) is 1. The van der Waals surface area contributed by atoms with Crippen LogP contribution in [0.4, 0.5) is 10.1 Å². The Kier molecular flexibility index (Phi) is 4.61. The van der Waals surface area contributed by atoms with E-state index >= 15 is 0 Å². The zero-order valence-electron chi connectivity index (χ0n) is 11.0. The molecule has 2 aromatic carbocycles. The van der Waals surface area contributed by atoms with E-state index < -0.39 is 10.7 Å². The van der Waals surface area contributed by atoms with Crippen LogP contribution < -0.4 is 4.74 Å². The first-order valence-corrected chi connectivity index (χ1v) is 6.23. The molecule has 0 saturated carbocycles. The maximum atomic E-state index is 12.7. The molecule has 21 heavy (non-hydrogen) atoms. The lowest BCUT2D eigenvalue weighted by molar-refractivity contribution is -0.385. The third kappa shape index (κ3) is 3.85. The number of ether oxygens (including phenoxy) is 1. The second-order valence-electron chi connectivity index (χ2n) is 4.25. The number of benzene rings is 2. The molecule has 2 rings (SSSR count). The number of carbonyl (C=O) groups excluding carboxylic acids is 1. The maximum Gasteiger partial charge on any atom is 0.310 e. The monoisotopic (exact) mass is 289 g/mol. The minimum absolute atomic E-state index is 0.0149. The van der Waals surface area contributed by atoms with E-state index in [1.165, 1.54) is 42.5 Å². The van der Waals surface area contributed by atoms with Crippen molar-refractivity contribution in [3.05, 3.63) is 70.0 Å². The van der Waals surface area contributed by atoms with Gasteiger partial charge in [-0.25, -0.2) is 4.39 Å². The van der Waals surface area contributed by atoms with Crippen molar-refractivity contribution in [2.45, 2.75) is 6.42 Å². The Morgan fingerprint density at radius 1 is 1.14 bits per heavy atom. The lowest BCUT2D eigenvalue weighted by atomic mass is 10.1. The number of ketones is 1. The van der Waals surface area contributed by atoms with Crippen molar-refractivity contribution < 1.29 is 18.8 Å². The van der Waals surface area contributed by atoms with Gasteiger partial charge in [0.2, 0.25) is 0 Å². The van der Waals surface area contributed by atoms with Crippen LogP contribution in [0.3, 0.4) is 0 Å². The molecule has 0 atom stereocenters. The SMILES string of the molecule is O=C(CCOc1ccccc1[N+](=O)[O-])c1ccc(F)cc1. The van der Waals surface area contributed by atoms with Crippen LogP contribution in [0.1, 0.15) is 16.8 Å². The van der Waals surface area contributed by atoms with Gasteiger partial charge < -0.3 is 4.74 Å². The van der Waals surface area contributed by atoms with Crippen molar-refractivity contribution in [1.82, 2.24) is 0 Å². The molecular formula is C15H12FNO4. The third-order valence-electron chi connectivity index (χ3n) is 2.81. The number of rotatable bonds is 6. The van der Waals surface area contributed by atoms with Crippen LogP contribution in [0.2, 0.25) is 0 Å². The largest absolute Gasteiger partial charge is 0.486 e. The smallest absolute Gasteiger partial charge is 0.310 e. The van der Waals surface area contributed by atoms with Crippen LogP contribution in [-0.4, -0.2) is 17.3 Å². The Hall–Kier alpha value is -2.76. The summed E-state index contributed by atoms with van der Waals surface area (Å²) < 4.78 is 18.0. The summed E-state index contributed by atoms with van der Waals surface area (Å²) in [5.41, 5.74) is 0.231. The van der Waals surface area contributed by atoms with E-state index in [4.69, 9.17) is 4.74 Å². The molecule has 0 fully saturated rings. The molecule has 6 heteroatoms. The molecule has 0 amide bonds. The predicted molar refractivity (Wildman–Crippen MR) is 73.9 cm³/mol. The normalized spacial score (nSPS) is 10.1. The first-order chi connectivity index (χ1) is 10.1. The molecule has 0 aromatic heterocycles. The first-order valence-electron chi connectivity index (χ1n) is 6.23. The Morgan fingerprint density at radius 3 is 2.48 bits per heavy atom. The van der Waals surface area contributed by atoms with Gasteiger partial charge in [0, 0.05) is 18.1 Å². The average molecular weight is 289 g/mol. The summed E-state index contributed by atoms with van der Waals surface area (Å²) in [4.78, 5) is 22.1. The molecule has 5 nitrogen and oxygen atoms in total. The summed E-state index contributed by atoms with van der Waals surface area (Å²) in [6, 6.07) is 11.1. The molecule has 0 spiro atoms. The van der Waals surface area contributed by atoms with Gasteiger partial charge in [-0.15, -0.1) is 0 Å². The van der Waals surface area contributed by atoms with Gasteiger partial charge >= 0.3 is 5.69 Å². The number of hydrogen-bond acceptors (Lipinski definition) is 4. The molecule has 0 heterocycles. The van der Waals surface area contributed by atoms with Crippen LogP contribution in [-0.2, 0) is 0 Å². The van der Waals surface area contributed by atoms with Crippen LogP contribution in [0.5, 0.6) is 5.75 Å². The molecular weight excluding hydrogens is 277 g/mol. The van der Waals surface area contributed by atoms with Crippen molar-refractivity contribution in [3.8, 4) is 5.75 Å². The fraction of sp³-hybridized carbons (Fsp3) is 0.133. The van der Waals surface area contributed by atoms with Gasteiger partial charge in [0.05, 0.1) is 11.5 Å². The summed E-state index contributed by atoms with van der Waals surface area (Å²) in [6.45, 7) is 0.0149. The highest BCUT2D eigenvalue weighted by Gasteiger charge is 2.14. The summed E-state index contributed by atoms with van der Waals surface area (Å²) in [7, 11) is 0. The molecule has 108 valence electrons. The highest BCUT2D eigenvalue weighted by atomic mass is 19.1. The fourth-order valence-corrected chi connectivity index (χ4v) is 1.76. The molecule has 0 radical (unpaired) electrons. The highest BCUT2D eigenvalue weighted by molar-refractivity contribution is 5.96. The van der Waals surface area contributed by atoms with Crippen molar-refractivity contribution in [1.29, 1.82) is 0 Å². The highest BCUT2D eigenvalue weighted by Crippen LogP contribution is 2.25. The standard InChI is InChI=1S/C15H12FNO4/c16-12-7-5-11(6-8-12)14(18)9-10-21-15-4-2-1-3-13(15)17(19)20/h1-8H,9-10H2. The van der Waals surface area contributed by atoms with Gasteiger partial charge in [0.25, 0.3) is 0 Å². The van der Waals surface area contributed by atoms with Crippen molar-refractivity contribution in [2.24, 2.45) is 0 Å². The van der Waals surface area contributed by atoms with Gasteiger partial charge in [0.1, 0.15) is 5.82 Å². The quantitative estimate of drug-likeness (QED) is 0.464. The second kappa shape index (κ2) is 6.60. The van der Waals surface area contributed by atoms with E-state index in [1.54, 1.807) is 6.07 Å². The lowest BCUT2D eigenvalue weighted by Crippen LogP contribution is -2.07. The number of para-hydroxylation sites is 2. The molecule has 0 aliphatic carbocycles. The molecule has 0 saturated heterocycles. The third-order valence-corrected chi connectivity index (χ3v) is 2.81. The van der Waals surface area contributed by atoms with E-state index in [1.807, 2.05) is 0 Å². The first kappa shape index (κ1) is 14.6. The zero-order valence-corrected chi connectivity index (χ0v) is 11.0. The van der Waals surface area contributed by atoms with Crippen LogP contribution >= 0.6 is 0 Å². The minimum Gasteiger partial charge on any atom is -0.486 e. The number of nitro groups is 1. The lowest BCUT2D eigenvalue weighted by Gasteiger charge is -2.06. The summed E-state index contributed by atoms with van der Waals surface area (Å²) in [5, 5.41) is 10.8. The number of nitrogens with zero attached hydrogens (tertiary/aromatic N) is 1. The van der Waals surface area contributed by atoms with E-state index in [-0.39, 0.29) is 30.2 Å². The number of carbonyl (C=O) groups is 1. The molecule has 0 unspecified atom stereocenters. The number of halogens is 1. The van der Waals surface area contributed by atoms with E-state index in [9.17, 15) is 19.3 Å². The average Bonchev–Trinajstić information content (AvgIpc) is 2.48. The predicted octanol–water partition coefficient (Wildman–Crippen LogP) is 3.39. The molecule has 0 aliphatic heterocycles. The van der Waals surface area contributed by atoms with Gasteiger partial charge in [-0.2, -0.15) is 0 Å². The van der Waals surface area contributed by atoms with Gasteiger partial charge in [-0.3, -0.25) is 14.9 Å². The van der Waals surface area contributed by atoms with Crippen LogP contribution in [0.25, 0.3) is 0 Å².